The standard InChI is InChI=1S/C16H30O2.C14H24O2.C10H15F3O4.C8H9F3O4.CH4/c1-5-15(3,4)14(17)18-16(6-2)12-10-8-7-9-11-13-16;1-4-14(16-13(15)12(2)3)10-8-6-5-7-9-11-14;1-4-9(2,3)8(15)16-5-7(14)17-6-10(11,12)13;1-5(2)7(13)14-3-6(12)15-4-8(9,10)11;/h5-13H2,1-4H3;2,4-11H2,1,3H3;4-6H2,1-3H3;1,3-4H2,2H3;1H4. The fourth-order valence-corrected chi connectivity index (χ4v) is 6.04. The fraction of sp³-hybridized carbons (Fsp3) is 0.796. The van der Waals surface area contributed by atoms with Gasteiger partial charge in [-0.25, -0.2) is 19.2 Å². The molecule has 12 nitrogen and oxygen atoms in total. The minimum absolute atomic E-state index is 0. The topological polar surface area (TPSA) is 158 Å². The maximum Gasteiger partial charge on any atom is 0.422 e. The highest BCUT2D eigenvalue weighted by Crippen LogP contribution is 2.36. The number of halogens is 6. The second-order valence-electron chi connectivity index (χ2n) is 18.1. The van der Waals surface area contributed by atoms with E-state index in [1.54, 1.807) is 27.7 Å². The normalized spacial score (nSPS) is 16.0. The van der Waals surface area contributed by atoms with Crippen molar-refractivity contribution in [3.05, 3.63) is 24.3 Å². The van der Waals surface area contributed by atoms with Crippen molar-refractivity contribution in [3.8, 4) is 0 Å². The van der Waals surface area contributed by atoms with Gasteiger partial charge in [0.15, 0.2) is 26.4 Å². The van der Waals surface area contributed by atoms with Crippen LogP contribution in [0.2, 0.25) is 0 Å². The molecule has 67 heavy (non-hydrogen) atoms. The number of carbonyl (C=O) groups excluding carboxylic acids is 6. The van der Waals surface area contributed by atoms with Crippen LogP contribution < -0.4 is 0 Å². The number of hydrogen-bond donors (Lipinski definition) is 0. The molecule has 0 aliphatic heterocycles. The quantitative estimate of drug-likeness (QED) is 0.0625. The van der Waals surface area contributed by atoms with E-state index in [1.165, 1.54) is 71.1 Å². The van der Waals surface area contributed by atoms with E-state index in [2.05, 4.69) is 52.9 Å². The number of esters is 6. The molecule has 2 aliphatic carbocycles. The minimum Gasteiger partial charge on any atom is -0.459 e. The summed E-state index contributed by atoms with van der Waals surface area (Å²) in [7, 11) is 0. The summed E-state index contributed by atoms with van der Waals surface area (Å²) in [4.78, 5) is 67.4. The zero-order valence-electron chi connectivity index (χ0n) is 41.1. The van der Waals surface area contributed by atoms with Crippen LogP contribution in [-0.4, -0.2) is 85.8 Å². The van der Waals surface area contributed by atoms with Crippen LogP contribution in [0.15, 0.2) is 24.3 Å². The van der Waals surface area contributed by atoms with Gasteiger partial charge < -0.3 is 28.4 Å². The molecule has 0 spiro atoms. The molecule has 2 rings (SSSR count). The summed E-state index contributed by atoms with van der Waals surface area (Å²) in [5, 5.41) is 0. The van der Waals surface area contributed by atoms with Gasteiger partial charge in [-0.1, -0.05) is 86.8 Å². The largest absolute Gasteiger partial charge is 0.459 e. The van der Waals surface area contributed by atoms with Crippen LogP contribution in [0.25, 0.3) is 0 Å². The van der Waals surface area contributed by atoms with Gasteiger partial charge in [0.25, 0.3) is 0 Å². The zero-order valence-corrected chi connectivity index (χ0v) is 41.1. The Morgan fingerprint density at radius 3 is 1.10 bits per heavy atom. The summed E-state index contributed by atoms with van der Waals surface area (Å²) >= 11 is 0. The van der Waals surface area contributed by atoms with Crippen molar-refractivity contribution in [2.45, 2.75) is 216 Å². The van der Waals surface area contributed by atoms with Crippen molar-refractivity contribution < 1.29 is 83.5 Å². The third-order valence-electron chi connectivity index (χ3n) is 11.4. The van der Waals surface area contributed by atoms with E-state index in [1.807, 2.05) is 13.8 Å². The van der Waals surface area contributed by atoms with Gasteiger partial charge in [-0.05, 0) is 119 Å². The number of alkyl halides is 6. The van der Waals surface area contributed by atoms with Crippen molar-refractivity contribution in [2.75, 3.05) is 26.4 Å². The number of ether oxygens (including phenoxy) is 6. The zero-order chi connectivity index (χ0) is 51.4. The molecular formula is C49H82F6O12. The van der Waals surface area contributed by atoms with E-state index in [-0.39, 0.29) is 41.6 Å². The Morgan fingerprint density at radius 2 is 0.791 bits per heavy atom. The highest BCUT2D eigenvalue weighted by atomic mass is 19.4. The van der Waals surface area contributed by atoms with Gasteiger partial charge >= 0.3 is 48.2 Å². The Bertz CT molecular complexity index is 1520. The third-order valence-corrected chi connectivity index (χ3v) is 11.4. The molecule has 0 aromatic rings. The van der Waals surface area contributed by atoms with Crippen LogP contribution in [0.3, 0.4) is 0 Å². The predicted molar refractivity (Wildman–Crippen MR) is 243 cm³/mol. The Hall–Kier alpha value is -4.12. The monoisotopic (exact) mass is 977 g/mol. The predicted octanol–water partition coefficient (Wildman–Crippen LogP) is 12.8. The fourth-order valence-electron chi connectivity index (χ4n) is 6.04. The lowest BCUT2D eigenvalue weighted by Gasteiger charge is -2.37. The molecule has 0 bridgehead atoms. The van der Waals surface area contributed by atoms with E-state index < -0.39 is 68.1 Å². The van der Waals surface area contributed by atoms with Crippen LogP contribution >= 0.6 is 0 Å². The van der Waals surface area contributed by atoms with Crippen molar-refractivity contribution in [1.29, 1.82) is 0 Å². The first-order valence-electron chi connectivity index (χ1n) is 22.9. The molecule has 0 heterocycles. The lowest BCUT2D eigenvalue weighted by atomic mass is 9.83. The smallest absolute Gasteiger partial charge is 0.422 e. The van der Waals surface area contributed by atoms with E-state index >= 15 is 0 Å². The minimum atomic E-state index is -4.59. The average Bonchev–Trinajstić information content (AvgIpc) is 3.22. The highest BCUT2D eigenvalue weighted by molar-refractivity contribution is 5.88. The van der Waals surface area contributed by atoms with Crippen molar-refractivity contribution in [2.24, 2.45) is 10.8 Å². The summed E-state index contributed by atoms with van der Waals surface area (Å²) in [6, 6.07) is 0. The maximum absolute atomic E-state index is 12.3. The van der Waals surface area contributed by atoms with E-state index in [9.17, 15) is 55.1 Å². The molecule has 18 heteroatoms. The first-order valence-corrected chi connectivity index (χ1v) is 22.9. The molecule has 2 saturated carbocycles. The second-order valence-corrected chi connectivity index (χ2v) is 18.1. The average molecular weight is 977 g/mol. The molecule has 0 aromatic heterocycles. The molecule has 0 atom stereocenters. The van der Waals surface area contributed by atoms with Gasteiger partial charge in [0, 0.05) is 11.1 Å². The SMILES string of the molecule is C.C=C(C)C(=O)OC1(CC)CCCCCCC1.C=C(C)C(=O)OCC(=O)OCC(F)(F)F.CCC(C)(C)C(=O)OCC(=O)OCC(F)(F)F.CCC1(OC(=O)C(C)(C)CC)CCCCCCC1. The van der Waals surface area contributed by atoms with Gasteiger partial charge in [0.05, 0.1) is 10.8 Å². The van der Waals surface area contributed by atoms with Crippen LogP contribution in [0, 0.1) is 10.8 Å². The van der Waals surface area contributed by atoms with Crippen molar-refractivity contribution in [1.82, 2.24) is 0 Å². The molecule has 392 valence electrons. The van der Waals surface area contributed by atoms with Crippen LogP contribution in [-0.2, 0) is 57.2 Å². The van der Waals surface area contributed by atoms with Crippen LogP contribution in [0.1, 0.15) is 192 Å². The highest BCUT2D eigenvalue weighted by Gasteiger charge is 2.38. The summed E-state index contributed by atoms with van der Waals surface area (Å²) in [6.07, 6.45) is 10.7. The van der Waals surface area contributed by atoms with Gasteiger partial charge in [0.2, 0.25) is 0 Å². The van der Waals surface area contributed by atoms with Gasteiger partial charge in [-0.3, -0.25) is 9.59 Å². The lowest BCUT2D eigenvalue weighted by Crippen LogP contribution is -2.40. The third kappa shape index (κ3) is 31.5. The molecule has 0 radical (unpaired) electrons. The molecule has 2 fully saturated rings. The Kier molecular flexibility index (Phi) is 32.7. The summed E-state index contributed by atoms with van der Waals surface area (Å²) < 4.78 is 97.7. The van der Waals surface area contributed by atoms with E-state index in [0.717, 1.165) is 44.9 Å². The Morgan fingerprint density at radius 1 is 0.478 bits per heavy atom. The van der Waals surface area contributed by atoms with Gasteiger partial charge in [0.1, 0.15) is 11.2 Å². The molecule has 2 aliphatic rings. The van der Waals surface area contributed by atoms with E-state index in [4.69, 9.17) is 9.47 Å². The molecule has 0 amide bonds. The summed E-state index contributed by atoms with van der Waals surface area (Å²) in [5.74, 6) is -4.22. The maximum atomic E-state index is 12.3. The lowest BCUT2D eigenvalue weighted by molar-refractivity contribution is -0.190. The first kappa shape index (κ1) is 67.2. The number of hydrogen-bond acceptors (Lipinski definition) is 12. The van der Waals surface area contributed by atoms with Gasteiger partial charge in [-0.2, -0.15) is 26.3 Å². The number of rotatable bonds is 16. The van der Waals surface area contributed by atoms with Crippen molar-refractivity contribution in [3.63, 3.8) is 0 Å². The second kappa shape index (κ2) is 32.6. The first-order chi connectivity index (χ1) is 30.4. The molecule has 0 N–H and O–H groups in total. The molecular weight excluding hydrogens is 895 g/mol. The van der Waals surface area contributed by atoms with Crippen molar-refractivity contribution >= 4 is 35.8 Å². The van der Waals surface area contributed by atoms with Crippen LogP contribution in [0.4, 0.5) is 26.3 Å². The molecule has 0 aromatic carbocycles. The van der Waals surface area contributed by atoms with E-state index in [0.29, 0.717) is 12.0 Å². The Labute approximate surface area is 396 Å². The number of carbonyl (C=O) groups is 6. The summed E-state index contributed by atoms with van der Waals surface area (Å²) in [5.41, 5.74) is -0.955. The Balaban J connectivity index is -0.000000813. The van der Waals surface area contributed by atoms with Crippen LogP contribution in [0.5, 0.6) is 0 Å². The van der Waals surface area contributed by atoms with Gasteiger partial charge in [-0.15, -0.1) is 0 Å². The molecule has 0 unspecified atom stereocenters. The molecule has 0 saturated heterocycles. The summed E-state index contributed by atoms with van der Waals surface area (Å²) in [6.45, 7) is 20.2.